The number of rotatable bonds is 6. The number of hydrogen-bond acceptors (Lipinski definition) is 4. The molecule has 0 aromatic heterocycles. The first kappa shape index (κ1) is 19.3. The van der Waals surface area contributed by atoms with Crippen LogP contribution >= 0.6 is 11.6 Å². The molecule has 0 saturated carbocycles. The summed E-state index contributed by atoms with van der Waals surface area (Å²) in [5.74, 6) is -1.47. The van der Waals surface area contributed by atoms with Crippen LogP contribution in [0.1, 0.15) is 16.7 Å². The lowest BCUT2D eigenvalue weighted by molar-refractivity contribution is -0.134. The Morgan fingerprint density at radius 3 is 2.42 bits per heavy atom. The topological polar surface area (TPSA) is 95.9 Å². The van der Waals surface area contributed by atoms with E-state index in [1.165, 1.54) is 18.2 Å². The minimum absolute atomic E-state index is 0.00775. The van der Waals surface area contributed by atoms with Crippen molar-refractivity contribution in [1.82, 2.24) is 5.32 Å². The summed E-state index contributed by atoms with van der Waals surface area (Å²) >= 11 is 6.08. The Labute approximate surface area is 155 Å². The normalized spacial score (nSPS) is 11.1. The van der Waals surface area contributed by atoms with Crippen LogP contribution in [0.5, 0.6) is 11.5 Å². The van der Waals surface area contributed by atoms with Gasteiger partial charge in [-0.1, -0.05) is 23.7 Å². The Balaban J connectivity index is 2.05. The largest absolute Gasteiger partial charge is 0.508 e. The molecule has 0 aliphatic rings. The Morgan fingerprint density at radius 1 is 1.19 bits per heavy atom. The van der Waals surface area contributed by atoms with Crippen molar-refractivity contribution in [1.29, 1.82) is 0 Å². The number of carbonyl (C=O) groups is 2. The van der Waals surface area contributed by atoms with Crippen LogP contribution in [0.25, 0.3) is 6.08 Å². The maximum absolute atomic E-state index is 12.0. The van der Waals surface area contributed by atoms with Crippen molar-refractivity contribution in [2.75, 3.05) is 6.61 Å². The Bertz CT molecular complexity index is 853. The molecule has 0 aliphatic heterocycles. The van der Waals surface area contributed by atoms with Crippen LogP contribution in [-0.4, -0.2) is 28.7 Å². The Morgan fingerprint density at radius 2 is 1.85 bits per heavy atom. The van der Waals surface area contributed by atoms with Crippen LogP contribution in [0.15, 0.2) is 42.1 Å². The van der Waals surface area contributed by atoms with E-state index in [-0.39, 0.29) is 18.1 Å². The first-order chi connectivity index (χ1) is 12.3. The highest BCUT2D eigenvalue weighted by molar-refractivity contribution is 6.32. The van der Waals surface area contributed by atoms with E-state index < -0.39 is 11.9 Å². The third-order valence-electron chi connectivity index (χ3n) is 3.47. The maximum Gasteiger partial charge on any atom is 0.352 e. The van der Waals surface area contributed by atoms with E-state index in [2.05, 4.69) is 5.32 Å². The van der Waals surface area contributed by atoms with Gasteiger partial charge in [0.05, 0.1) is 0 Å². The van der Waals surface area contributed by atoms with E-state index in [0.717, 1.165) is 11.1 Å². The van der Waals surface area contributed by atoms with E-state index in [0.29, 0.717) is 16.3 Å². The van der Waals surface area contributed by atoms with Gasteiger partial charge in [0.2, 0.25) is 0 Å². The van der Waals surface area contributed by atoms with Gasteiger partial charge in [0.1, 0.15) is 17.2 Å². The standard InChI is InChI=1S/C19H18ClNO5/c1-11-6-15(7-12(2)18(11)20)26-10-17(23)21-16(19(24)25)9-13-4-3-5-14(22)8-13/h3-9,22H,10H2,1-2H3,(H,21,23)(H,24,25)/b16-9+. The van der Waals surface area contributed by atoms with Crippen LogP contribution in [-0.2, 0) is 9.59 Å². The highest BCUT2D eigenvalue weighted by Crippen LogP contribution is 2.25. The molecule has 0 atom stereocenters. The van der Waals surface area contributed by atoms with Crippen LogP contribution in [0.4, 0.5) is 0 Å². The summed E-state index contributed by atoms with van der Waals surface area (Å²) in [7, 11) is 0. The molecule has 1 amide bonds. The summed E-state index contributed by atoms with van der Waals surface area (Å²) in [5.41, 5.74) is 1.74. The molecule has 0 spiro atoms. The second-order valence-corrected chi connectivity index (χ2v) is 6.04. The van der Waals surface area contributed by atoms with Crippen LogP contribution in [0, 0.1) is 13.8 Å². The summed E-state index contributed by atoms with van der Waals surface area (Å²) in [5, 5.41) is 21.6. The number of aliphatic carboxylic acids is 1. The summed E-state index contributed by atoms with van der Waals surface area (Å²) in [6.45, 7) is 3.29. The molecule has 0 radical (unpaired) electrons. The number of carboxylic acid groups (broad SMARTS) is 1. The maximum atomic E-state index is 12.0. The molecule has 136 valence electrons. The molecular formula is C19H18ClNO5. The second-order valence-electron chi connectivity index (χ2n) is 5.67. The molecule has 0 saturated heterocycles. The minimum atomic E-state index is -1.31. The SMILES string of the molecule is Cc1cc(OCC(=O)N/C(=C/c2cccc(O)c2)C(=O)O)cc(C)c1Cl. The van der Waals surface area contributed by atoms with Crippen LogP contribution < -0.4 is 10.1 Å². The molecule has 2 aromatic carbocycles. The highest BCUT2D eigenvalue weighted by atomic mass is 35.5. The van der Waals surface area contributed by atoms with Gasteiger partial charge < -0.3 is 20.3 Å². The van der Waals surface area contributed by atoms with Gasteiger partial charge in [-0.05, 0) is 60.9 Å². The molecule has 2 rings (SSSR count). The Kier molecular flexibility index (Phi) is 6.25. The van der Waals surface area contributed by atoms with Gasteiger partial charge in [-0.15, -0.1) is 0 Å². The number of phenols is 1. The van der Waals surface area contributed by atoms with E-state index in [1.807, 2.05) is 13.8 Å². The number of ether oxygens (including phenoxy) is 1. The second kappa shape index (κ2) is 8.40. The number of amides is 1. The van der Waals surface area contributed by atoms with Gasteiger partial charge in [-0.2, -0.15) is 0 Å². The molecule has 0 unspecified atom stereocenters. The fraction of sp³-hybridized carbons (Fsp3) is 0.158. The van der Waals surface area contributed by atoms with Crippen molar-refractivity contribution in [3.05, 3.63) is 63.8 Å². The number of halogens is 1. The predicted octanol–water partition coefficient (Wildman–Crippen LogP) is 3.28. The van der Waals surface area contributed by atoms with E-state index in [9.17, 15) is 19.8 Å². The zero-order chi connectivity index (χ0) is 19.3. The summed E-state index contributed by atoms with van der Waals surface area (Å²) in [6, 6.07) is 9.40. The number of nitrogens with one attached hydrogen (secondary N) is 1. The van der Waals surface area contributed by atoms with Gasteiger partial charge in [0.25, 0.3) is 5.91 Å². The number of carboxylic acids is 1. The molecule has 0 heterocycles. The van der Waals surface area contributed by atoms with E-state index >= 15 is 0 Å². The molecule has 0 bridgehead atoms. The molecule has 0 aliphatic carbocycles. The number of carbonyl (C=O) groups excluding carboxylic acids is 1. The molecule has 0 fully saturated rings. The van der Waals surface area contributed by atoms with E-state index in [1.54, 1.807) is 24.3 Å². The Hall–Kier alpha value is -2.99. The van der Waals surface area contributed by atoms with Crippen LogP contribution in [0.2, 0.25) is 5.02 Å². The highest BCUT2D eigenvalue weighted by Gasteiger charge is 2.13. The average molecular weight is 376 g/mol. The van der Waals surface area contributed by atoms with Gasteiger partial charge in [0, 0.05) is 5.02 Å². The third kappa shape index (κ3) is 5.26. The zero-order valence-corrected chi connectivity index (χ0v) is 15.0. The van der Waals surface area contributed by atoms with Gasteiger partial charge in [0.15, 0.2) is 6.61 Å². The smallest absolute Gasteiger partial charge is 0.352 e. The van der Waals surface area contributed by atoms with Crippen LogP contribution in [0.3, 0.4) is 0 Å². The molecular weight excluding hydrogens is 358 g/mol. The fourth-order valence-electron chi connectivity index (χ4n) is 2.26. The zero-order valence-electron chi connectivity index (χ0n) is 14.2. The average Bonchev–Trinajstić information content (AvgIpc) is 2.57. The number of hydrogen-bond donors (Lipinski definition) is 3. The number of benzene rings is 2. The number of aryl methyl sites for hydroxylation is 2. The fourth-order valence-corrected chi connectivity index (χ4v) is 2.37. The molecule has 26 heavy (non-hydrogen) atoms. The first-order valence-electron chi connectivity index (χ1n) is 7.69. The van der Waals surface area contributed by atoms with Gasteiger partial charge >= 0.3 is 5.97 Å². The molecule has 7 heteroatoms. The van der Waals surface area contributed by atoms with Crippen molar-refractivity contribution in [3.8, 4) is 11.5 Å². The van der Waals surface area contributed by atoms with Gasteiger partial charge in [-0.25, -0.2) is 4.79 Å². The summed E-state index contributed by atoms with van der Waals surface area (Å²) in [4.78, 5) is 23.3. The number of phenolic OH excluding ortho intramolecular Hbond substituents is 1. The first-order valence-corrected chi connectivity index (χ1v) is 8.07. The van der Waals surface area contributed by atoms with E-state index in [4.69, 9.17) is 16.3 Å². The lowest BCUT2D eigenvalue weighted by Gasteiger charge is -2.10. The van der Waals surface area contributed by atoms with Crippen molar-refractivity contribution >= 4 is 29.6 Å². The van der Waals surface area contributed by atoms with Crippen molar-refractivity contribution < 1.29 is 24.5 Å². The predicted molar refractivity (Wildman–Crippen MR) is 98.3 cm³/mol. The monoisotopic (exact) mass is 375 g/mol. The summed E-state index contributed by atoms with van der Waals surface area (Å²) in [6.07, 6.45) is 1.25. The summed E-state index contributed by atoms with van der Waals surface area (Å²) < 4.78 is 5.40. The van der Waals surface area contributed by atoms with Crippen molar-refractivity contribution in [3.63, 3.8) is 0 Å². The quantitative estimate of drug-likeness (QED) is 0.673. The molecule has 2 aromatic rings. The molecule has 3 N–H and O–H groups in total. The van der Waals surface area contributed by atoms with Crippen molar-refractivity contribution in [2.45, 2.75) is 13.8 Å². The lowest BCUT2D eigenvalue weighted by Crippen LogP contribution is -2.31. The van der Waals surface area contributed by atoms with Crippen molar-refractivity contribution in [2.24, 2.45) is 0 Å². The minimum Gasteiger partial charge on any atom is -0.508 e. The lowest BCUT2D eigenvalue weighted by atomic mass is 10.1. The molecule has 6 nitrogen and oxygen atoms in total. The van der Waals surface area contributed by atoms with Gasteiger partial charge in [-0.3, -0.25) is 4.79 Å². The number of aromatic hydroxyl groups is 1. The third-order valence-corrected chi connectivity index (χ3v) is 4.06.